The molecule has 31 heavy (non-hydrogen) atoms. The molecule has 0 spiro atoms. The molecule has 1 heterocycles. The van der Waals surface area contributed by atoms with Crippen LogP contribution in [0.3, 0.4) is 0 Å². The lowest BCUT2D eigenvalue weighted by atomic mass is 9.81. The number of hydrogen-bond acceptors (Lipinski definition) is 3. The maximum Gasteiger partial charge on any atom is 0.213 e. The van der Waals surface area contributed by atoms with Gasteiger partial charge in [-0.25, -0.2) is 9.98 Å². The number of hydrogen-bond donors (Lipinski definition) is 0. The van der Waals surface area contributed by atoms with Crippen LogP contribution in [-0.2, 0) is 12.8 Å². The van der Waals surface area contributed by atoms with E-state index in [2.05, 4.69) is 66.5 Å². The van der Waals surface area contributed by atoms with Crippen LogP contribution >= 0.6 is 0 Å². The van der Waals surface area contributed by atoms with Crippen LogP contribution in [0.25, 0.3) is 11.1 Å². The summed E-state index contributed by atoms with van der Waals surface area (Å²) in [5.74, 6) is 0.612. The smallest absolute Gasteiger partial charge is 0.213 e. The molecule has 5 rings (SSSR count). The molecule has 4 aromatic rings. The number of benzene rings is 3. The van der Waals surface area contributed by atoms with Gasteiger partial charge in [0.15, 0.2) is 0 Å². The van der Waals surface area contributed by atoms with Crippen molar-refractivity contribution < 1.29 is 4.74 Å². The molecule has 0 saturated carbocycles. The van der Waals surface area contributed by atoms with Crippen LogP contribution in [0.15, 0.2) is 90.1 Å². The van der Waals surface area contributed by atoms with E-state index in [-0.39, 0.29) is 0 Å². The van der Waals surface area contributed by atoms with Gasteiger partial charge in [-0.3, -0.25) is 0 Å². The Bertz CT molecular complexity index is 1220. The van der Waals surface area contributed by atoms with Gasteiger partial charge in [-0.05, 0) is 48.1 Å². The quantitative estimate of drug-likeness (QED) is 0.364. The Morgan fingerprint density at radius 3 is 2.13 bits per heavy atom. The third-order valence-electron chi connectivity index (χ3n) is 5.89. The summed E-state index contributed by atoms with van der Waals surface area (Å²) in [7, 11) is 1.65. The average Bonchev–Trinajstić information content (AvgIpc) is 2.81. The van der Waals surface area contributed by atoms with Crippen molar-refractivity contribution in [3.63, 3.8) is 0 Å². The number of rotatable bonds is 5. The fraction of sp³-hybridized carbons (Fsp3) is 0.143. The van der Waals surface area contributed by atoms with E-state index in [1.165, 1.54) is 16.7 Å². The molecule has 1 aromatic heterocycles. The monoisotopic (exact) mass is 404 g/mol. The zero-order valence-electron chi connectivity index (χ0n) is 17.8. The number of fused-ring (bicyclic) bond motifs is 1. The van der Waals surface area contributed by atoms with E-state index in [4.69, 9.17) is 9.73 Å². The van der Waals surface area contributed by atoms with Crippen molar-refractivity contribution >= 4 is 11.4 Å². The molecule has 0 fully saturated rings. The second-order valence-electron chi connectivity index (χ2n) is 7.83. The van der Waals surface area contributed by atoms with Crippen LogP contribution in [0.4, 0.5) is 5.69 Å². The SMILES string of the molecule is COc1cc(-c2c(C)cc3c(c2N=C(c2ccccc2)c2ccccc2)CC3)ccn1. The number of aryl methyl sites for hydroxylation is 2. The third-order valence-corrected chi connectivity index (χ3v) is 5.89. The Balaban J connectivity index is 1.78. The zero-order chi connectivity index (χ0) is 21.2. The Labute approximate surface area is 183 Å². The molecule has 0 bridgehead atoms. The minimum atomic E-state index is 0.612. The first-order valence-electron chi connectivity index (χ1n) is 10.6. The highest BCUT2D eigenvalue weighted by Gasteiger charge is 2.24. The van der Waals surface area contributed by atoms with E-state index in [9.17, 15) is 0 Å². The highest BCUT2D eigenvalue weighted by atomic mass is 16.5. The van der Waals surface area contributed by atoms with E-state index in [1.54, 1.807) is 13.3 Å². The van der Waals surface area contributed by atoms with E-state index in [0.29, 0.717) is 5.88 Å². The summed E-state index contributed by atoms with van der Waals surface area (Å²) in [4.78, 5) is 9.65. The molecular weight excluding hydrogens is 380 g/mol. The van der Waals surface area contributed by atoms with Gasteiger partial charge in [-0.1, -0.05) is 66.7 Å². The Morgan fingerprint density at radius 2 is 1.55 bits per heavy atom. The predicted molar refractivity (Wildman–Crippen MR) is 127 cm³/mol. The number of aromatic nitrogens is 1. The molecule has 3 nitrogen and oxygen atoms in total. The standard InChI is InChI=1S/C28H24N2O/c1-19-17-22-13-14-24(22)28(26(19)23-15-16-29-25(18-23)31-2)30-27(20-9-5-3-6-10-20)21-11-7-4-8-12-21/h3-12,15-18H,13-14H2,1-2H3. The number of nitrogens with zero attached hydrogens (tertiary/aromatic N) is 2. The molecule has 0 amide bonds. The molecule has 152 valence electrons. The molecular formula is C28H24N2O. The van der Waals surface area contributed by atoms with Gasteiger partial charge in [-0.15, -0.1) is 0 Å². The summed E-state index contributed by atoms with van der Waals surface area (Å²) in [6, 6.07) is 27.2. The van der Waals surface area contributed by atoms with Crippen molar-refractivity contribution in [2.24, 2.45) is 4.99 Å². The molecule has 0 radical (unpaired) electrons. The molecule has 1 aliphatic carbocycles. The number of pyridine rings is 1. The highest BCUT2D eigenvalue weighted by Crippen LogP contribution is 2.44. The summed E-state index contributed by atoms with van der Waals surface area (Å²) < 4.78 is 5.40. The van der Waals surface area contributed by atoms with Crippen molar-refractivity contribution in [2.75, 3.05) is 7.11 Å². The topological polar surface area (TPSA) is 34.5 Å². The van der Waals surface area contributed by atoms with Crippen LogP contribution in [0.1, 0.15) is 27.8 Å². The van der Waals surface area contributed by atoms with Crippen molar-refractivity contribution in [1.29, 1.82) is 0 Å². The third kappa shape index (κ3) is 3.64. The van der Waals surface area contributed by atoms with Crippen LogP contribution in [0.2, 0.25) is 0 Å². The van der Waals surface area contributed by atoms with Gasteiger partial charge < -0.3 is 4.74 Å². The average molecular weight is 405 g/mol. The molecule has 0 unspecified atom stereocenters. The molecule has 0 saturated heterocycles. The first kappa shape index (κ1) is 19.3. The molecule has 0 N–H and O–H groups in total. The Hall–Kier alpha value is -3.72. The van der Waals surface area contributed by atoms with Gasteiger partial charge in [0.25, 0.3) is 0 Å². The van der Waals surface area contributed by atoms with Crippen molar-refractivity contribution in [2.45, 2.75) is 19.8 Å². The van der Waals surface area contributed by atoms with Crippen LogP contribution in [0, 0.1) is 6.92 Å². The Morgan fingerprint density at radius 1 is 0.871 bits per heavy atom. The first-order chi connectivity index (χ1) is 15.2. The molecule has 3 aromatic carbocycles. The van der Waals surface area contributed by atoms with Gasteiger partial charge in [0, 0.05) is 29.0 Å². The fourth-order valence-electron chi connectivity index (χ4n) is 4.26. The minimum Gasteiger partial charge on any atom is -0.481 e. The van der Waals surface area contributed by atoms with Gasteiger partial charge in [-0.2, -0.15) is 0 Å². The van der Waals surface area contributed by atoms with E-state index in [1.807, 2.05) is 24.3 Å². The summed E-state index contributed by atoms with van der Waals surface area (Å²) in [6.45, 7) is 2.17. The second-order valence-corrected chi connectivity index (χ2v) is 7.83. The van der Waals surface area contributed by atoms with Crippen molar-refractivity contribution in [3.8, 4) is 17.0 Å². The maximum absolute atomic E-state index is 5.40. The maximum atomic E-state index is 5.40. The van der Waals surface area contributed by atoms with Gasteiger partial charge in [0.2, 0.25) is 5.88 Å². The highest BCUT2D eigenvalue weighted by molar-refractivity contribution is 6.14. The van der Waals surface area contributed by atoms with Crippen LogP contribution in [-0.4, -0.2) is 17.8 Å². The second kappa shape index (κ2) is 8.19. The normalized spacial score (nSPS) is 11.9. The van der Waals surface area contributed by atoms with E-state index >= 15 is 0 Å². The van der Waals surface area contributed by atoms with Crippen LogP contribution < -0.4 is 4.74 Å². The lowest BCUT2D eigenvalue weighted by Crippen LogP contribution is -2.11. The number of methoxy groups -OCH3 is 1. The van der Waals surface area contributed by atoms with E-state index < -0.39 is 0 Å². The van der Waals surface area contributed by atoms with Crippen molar-refractivity contribution in [3.05, 3.63) is 113 Å². The fourth-order valence-corrected chi connectivity index (χ4v) is 4.26. The summed E-state index contributed by atoms with van der Waals surface area (Å²) in [5.41, 5.74) is 10.5. The molecule has 0 atom stereocenters. The summed E-state index contributed by atoms with van der Waals surface area (Å²) in [6.07, 6.45) is 3.97. The largest absolute Gasteiger partial charge is 0.481 e. The number of aliphatic imine (C=N–C) groups is 1. The van der Waals surface area contributed by atoms with Gasteiger partial charge in [0.05, 0.1) is 18.5 Å². The molecule has 1 aliphatic rings. The Kier molecular flexibility index (Phi) is 5.09. The van der Waals surface area contributed by atoms with Gasteiger partial charge in [0.1, 0.15) is 0 Å². The van der Waals surface area contributed by atoms with E-state index in [0.717, 1.165) is 46.5 Å². The predicted octanol–water partition coefficient (Wildman–Crippen LogP) is 6.33. The first-order valence-corrected chi connectivity index (χ1v) is 10.6. The van der Waals surface area contributed by atoms with Crippen LogP contribution in [0.5, 0.6) is 5.88 Å². The summed E-state index contributed by atoms with van der Waals surface area (Å²) in [5, 5.41) is 0. The molecule has 0 aliphatic heterocycles. The molecule has 3 heteroatoms. The summed E-state index contributed by atoms with van der Waals surface area (Å²) >= 11 is 0. The minimum absolute atomic E-state index is 0.612. The lowest BCUT2D eigenvalue weighted by Gasteiger charge is -2.26. The lowest BCUT2D eigenvalue weighted by molar-refractivity contribution is 0.398. The van der Waals surface area contributed by atoms with Gasteiger partial charge >= 0.3 is 0 Å². The zero-order valence-corrected chi connectivity index (χ0v) is 17.8. The van der Waals surface area contributed by atoms with Crippen molar-refractivity contribution in [1.82, 2.24) is 4.98 Å². The number of ether oxygens (including phenoxy) is 1.